The van der Waals surface area contributed by atoms with Crippen LogP contribution in [0.4, 0.5) is 42.4 Å². The van der Waals surface area contributed by atoms with Gasteiger partial charge in [0.05, 0.1) is 57.7 Å². The van der Waals surface area contributed by atoms with Gasteiger partial charge in [0.2, 0.25) is 17.7 Å². The molecule has 2 bridgehead atoms. The van der Waals surface area contributed by atoms with Crippen LogP contribution in [0.3, 0.4) is 0 Å². The molecule has 80 heavy (non-hydrogen) atoms. The number of rotatable bonds is 18. The maximum Gasteiger partial charge on any atom is 0.418 e. The van der Waals surface area contributed by atoms with Gasteiger partial charge in [0, 0.05) is 70.5 Å². The Labute approximate surface area is 461 Å². The Morgan fingerprint density at radius 3 is 2.30 bits per heavy atom. The molecular weight excluding hydrogens is 1080 g/mol. The van der Waals surface area contributed by atoms with E-state index in [0.29, 0.717) is 13.1 Å². The monoisotopic (exact) mass is 1140 g/mol. The van der Waals surface area contributed by atoms with E-state index in [-0.39, 0.29) is 86.8 Å². The average molecular weight is 1140 g/mol. The standard InChI is InChI=1S/C54H65F7N12O6S/c1-27-18-39(62)67-44(41(27)54(59,60)61)45-42(55)43-35(20-63-45)48(72-21-32-12-13-33(22-72)66-32)70-51(69-43)79-25-38-36(53(56,57)58)24-71(38)15-7-16-78-17-14-40(75)68-47(52(4,5)6)50(77)73-23-34(74)19-37(73)49(76)65-28(2)30-8-10-31(11-9-30)46-29(3)64-26-80-46/h8-11,18,20,26,28,32-34,36-38,47,66,74H,7,12-17,19,21-25H2,1-6H3,(H2,62,67)(H,65,76)(H,68,75)/t28-,32?,33?,34+,36+,37-,38+,47+/m0/s1. The van der Waals surface area contributed by atoms with Gasteiger partial charge >= 0.3 is 18.4 Å². The zero-order valence-electron chi connectivity index (χ0n) is 45.1. The number of halogens is 7. The fourth-order valence-electron chi connectivity index (χ4n) is 11.2. The fraction of sp³-hybridized carbons (Fsp3) is 0.556. The lowest BCUT2D eigenvalue weighted by molar-refractivity contribution is -0.234. The van der Waals surface area contributed by atoms with Gasteiger partial charge in [-0.15, -0.1) is 11.3 Å². The molecule has 4 saturated heterocycles. The Balaban J connectivity index is 0.805. The summed E-state index contributed by atoms with van der Waals surface area (Å²) >= 11 is 1.53. The van der Waals surface area contributed by atoms with E-state index in [9.17, 15) is 45.8 Å². The molecule has 4 aromatic heterocycles. The van der Waals surface area contributed by atoms with E-state index < -0.39 is 113 Å². The first-order valence-corrected chi connectivity index (χ1v) is 27.4. The summed E-state index contributed by atoms with van der Waals surface area (Å²) in [6.07, 6.45) is -7.59. The van der Waals surface area contributed by atoms with Crippen LogP contribution in [0, 0.1) is 31.0 Å². The van der Waals surface area contributed by atoms with Crippen molar-refractivity contribution in [2.45, 2.75) is 128 Å². The summed E-state index contributed by atoms with van der Waals surface area (Å²) in [5.41, 5.74) is 5.89. The van der Waals surface area contributed by atoms with Crippen molar-refractivity contribution in [2.75, 3.05) is 63.2 Å². The van der Waals surface area contributed by atoms with Crippen molar-refractivity contribution in [2.24, 2.45) is 11.3 Å². The fourth-order valence-corrected chi connectivity index (χ4v) is 12.0. The van der Waals surface area contributed by atoms with Crippen LogP contribution in [0.15, 0.2) is 42.0 Å². The molecule has 2 unspecified atom stereocenters. The molecule has 0 aliphatic carbocycles. The average Bonchev–Trinajstić information content (AvgIpc) is 4.12. The van der Waals surface area contributed by atoms with E-state index in [1.807, 2.05) is 43.0 Å². The van der Waals surface area contributed by atoms with Gasteiger partial charge in [0.1, 0.15) is 47.2 Å². The summed E-state index contributed by atoms with van der Waals surface area (Å²) < 4.78 is 115. The number of aromatic nitrogens is 5. The number of nitrogens with two attached hydrogens (primary N) is 1. The molecule has 9 rings (SSSR count). The molecule has 1 aromatic carbocycles. The SMILES string of the molecule is Cc1cc(N)nc(-c2ncc3c(N4CC5CCC(C4)N5)nc(OC[C@@H]4[C@H](C(F)(F)F)CN4CCCOCCC(=O)N[C@H](C(=O)N4C[C@H](O)C[C@H]4C(=O)N[C@@H](C)c4ccc(-c5scnc5C)cc4)C(C)(C)C)nc3c2F)c1C(F)(F)F. The van der Waals surface area contributed by atoms with Crippen molar-refractivity contribution in [3.63, 3.8) is 0 Å². The lowest BCUT2D eigenvalue weighted by atomic mass is 9.85. The van der Waals surface area contributed by atoms with E-state index >= 15 is 4.39 Å². The molecule has 26 heteroatoms. The molecule has 0 radical (unpaired) electrons. The number of piperazine rings is 1. The number of carbonyl (C=O) groups excluding carboxylic acids is 3. The number of hydrogen-bond acceptors (Lipinski definition) is 16. The summed E-state index contributed by atoms with van der Waals surface area (Å²) in [6, 6.07) is 4.66. The molecule has 3 amide bonds. The molecular formula is C54H65F7N12O6S. The van der Waals surface area contributed by atoms with E-state index in [1.165, 1.54) is 16.2 Å². The second kappa shape index (κ2) is 23.3. The van der Waals surface area contributed by atoms with E-state index in [0.717, 1.165) is 53.7 Å². The highest BCUT2D eigenvalue weighted by molar-refractivity contribution is 7.13. The number of aliphatic hydroxyl groups excluding tert-OH is 1. The van der Waals surface area contributed by atoms with Gasteiger partial charge in [0.25, 0.3) is 0 Å². The van der Waals surface area contributed by atoms with E-state index in [1.54, 1.807) is 31.2 Å². The molecule has 4 aliphatic rings. The molecule has 4 aliphatic heterocycles. The van der Waals surface area contributed by atoms with Gasteiger partial charge < -0.3 is 46.1 Å². The van der Waals surface area contributed by atoms with Crippen LogP contribution in [0.2, 0.25) is 0 Å². The number of alkyl halides is 6. The van der Waals surface area contributed by atoms with Crippen molar-refractivity contribution >= 4 is 51.6 Å². The van der Waals surface area contributed by atoms with Gasteiger partial charge in [-0.05, 0) is 68.2 Å². The van der Waals surface area contributed by atoms with Crippen LogP contribution in [-0.4, -0.2) is 153 Å². The third-order valence-corrected chi connectivity index (χ3v) is 16.3. The number of benzene rings is 1. The lowest BCUT2D eigenvalue weighted by Crippen LogP contribution is -2.63. The first kappa shape index (κ1) is 58.3. The number of likely N-dealkylation sites (tertiary alicyclic amines) is 2. The minimum absolute atomic E-state index is 0.0103. The summed E-state index contributed by atoms with van der Waals surface area (Å²) in [5, 5.41) is 20.0. The van der Waals surface area contributed by atoms with Crippen molar-refractivity contribution in [3.8, 4) is 27.8 Å². The molecule has 432 valence electrons. The number of amides is 3. The molecule has 5 aromatic rings. The first-order valence-electron chi connectivity index (χ1n) is 26.6. The minimum atomic E-state index is -4.97. The third kappa shape index (κ3) is 12.7. The number of carbonyl (C=O) groups is 3. The molecule has 6 N–H and O–H groups in total. The summed E-state index contributed by atoms with van der Waals surface area (Å²) in [5.74, 6) is -4.73. The number of nitrogen functional groups attached to an aromatic ring is 1. The number of hydrogen-bond donors (Lipinski definition) is 5. The number of nitrogens with one attached hydrogen (secondary N) is 3. The molecule has 8 atom stereocenters. The first-order chi connectivity index (χ1) is 37.7. The third-order valence-electron chi connectivity index (χ3n) is 15.3. The van der Waals surface area contributed by atoms with Gasteiger partial charge in [-0.1, -0.05) is 45.0 Å². The Kier molecular flexibility index (Phi) is 16.9. The predicted octanol–water partition coefficient (Wildman–Crippen LogP) is 6.92. The van der Waals surface area contributed by atoms with E-state index in [2.05, 4.69) is 40.9 Å². The molecule has 8 heterocycles. The number of pyridine rings is 2. The molecule has 0 spiro atoms. The minimum Gasteiger partial charge on any atom is -0.462 e. The van der Waals surface area contributed by atoms with Crippen molar-refractivity contribution in [3.05, 3.63) is 70.2 Å². The second-order valence-electron chi connectivity index (χ2n) is 22.3. The number of aryl methyl sites for hydroxylation is 2. The molecule has 4 fully saturated rings. The highest BCUT2D eigenvalue weighted by Crippen LogP contribution is 2.43. The molecule has 18 nitrogen and oxygen atoms in total. The topological polar surface area (TPSA) is 226 Å². The van der Waals surface area contributed by atoms with Crippen LogP contribution in [0.1, 0.15) is 88.2 Å². The van der Waals surface area contributed by atoms with Gasteiger partial charge in [-0.2, -0.15) is 36.3 Å². The Hall–Kier alpha value is -6.35. The number of nitrogens with zero attached hydrogens (tertiary/aromatic N) is 8. The number of ether oxygens (including phenoxy) is 2. The van der Waals surface area contributed by atoms with E-state index in [4.69, 9.17) is 15.2 Å². The normalized spacial score (nSPS) is 22.3. The largest absolute Gasteiger partial charge is 0.462 e. The number of aliphatic hydroxyl groups is 1. The Morgan fingerprint density at radius 1 is 0.938 bits per heavy atom. The molecule has 0 saturated carbocycles. The van der Waals surface area contributed by atoms with Crippen LogP contribution in [0.25, 0.3) is 32.7 Å². The lowest BCUT2D eigenvalue weighted by Gasteiger charge is -2.48. The van der Waals surface area contributed by atoms with Gasteiger partial charge in [-0.25, -0.2) is 14.4 Å². The second-order valence-corrected chi connectivity index (χ2v) is 23.1. The zero-order valence-corrected chi connectivity index (χ0v) is 45.9. The zero-order chi connectivity index (χ0) is 57.6. The maximum atomic E-state index is 16.7. The highest BCUT2D eigenvalue weighted by atomic mass is 32.1. The van der Waals surface area contributed by atoms with Crippen LogP contribution in [0.5, 0.6) is 6.01 Å². The summed E-state index contributed by atoms with van der Waals surface area (Å²) in [7, 11) is 0. The summed E-state index contributed by atoms with van der Waals surface area (Å²) in [4.78, 5) is 68.0. The number of thiazole rings is 1. The van der Waals surface area contributed by atoms with Gasteiger partial charge in [-0.3, -0.25) is 24.3 Å². The highest BCUT2D eigenvalue weighted by Gasteiger charge is 2.54. The van der Waals surface area contributed by atoms with Crippen LogP contribution in [-0.2, 0) is 25.3 Å². The smallest absolute Gasteiger partial charge is 0.418 e. The van der Waals surface area contributed by atoms with Crippen molar-refractivity contribution in [1.29, 1.82) is 0 Å². The maximum absolute atomic E-state index is 16.7. The van der Waals surface area contributed by atoms with Gasteiger partial charge in [0.15, 0.2) is 5.82 Å². The number of β-amino-alcohol motifs (C(OH)–C–C–N with tert-alkyl or cyclic N) is 1. The number of fused-ring (bicyclic) bond motifs is 3. The van der Waals surface area contributed by atoms with Crippen molar-refractivity contribution < 1.29 is 59.7 Å². The predicted molar refractivity (Wildman–Crippen MR) is 284 cm³/mol. The number of anilines is 2. The quantitative estimate of drug-likeness (QED) is 0.0444. The Bertz CT molecular complexity index is 3080. The van der Waals surface area contributed by atoms with Crippen LogP contribution < -0.4 is 31.3 Å². The summed E-state index contributed by atoms with van der Waals surface area (Å²) in [6.45, 7) is 10.1. The Morgan fingerprint density at radius 2 is 1.65 bits per heavy atom. The van der Waals surface area contributed by atoms with Crippen molar-refractivity contribution in [1.82, 2.24) is 50.7 Å². The van der Waals surface area contributed by atoms with Crippen LogP contribution >= 0.6 is 11.3 Å².